The highest BCUT2D eigenvalue weighted by Gasteiger charge is 2.13. The fourth-order valence-electron chi connectivity index (χ4n) is 1.11. The van der Waals surface area contributed by atoms with Crippen LogP contribution in [0.15, 0.2) is 23.2 Å². The fourth-order valence-corrected chi connectivity index (χ4v) is 1.72. The van der Waals surface area contributed by atoms with Gasteiger partial charge in [-0.25, -0.2) is 0 Å². The fraction of sp³-hybridized carbons (Fsp3) is 0.333. The van der Waals surface area contributed by atoms with Crippen LogP contribution in [0, 0.1) is 10.6 Å². The Morgan fingerprint density at radius 1 is 1.71 bits per heavy atom. The number of thioether (sulfide) groups is 1. The van der Waals surface area contributed by atoms with Gasteiger partial charge in [-0.1, -0.05) is 0 Å². The maximum atomic E-state index is 11.4. The average molecular weight is 212 g/mol. The molecule has 0 saturated carbocycles. The molecule has 2 N–H and O–H groups in total. The standard InChI is InChI=1S/C9H12N2O2S/c1-14-9-3-2-4-11(13)8(9)5-7(10)6-12/h2-4,10,12H,5-6H2,1H3. The van der Waals surface area contributed by atoms with Crippen LogP contribution >= 0.6 is 11.8 Å². The number of nitrogens with one attached hydrogen (secondary N) is 1. The van der Waals surface area contributed by atoms with E-state index in [0.717, 1.165) is 9.63 Å². The smallest absolute Gasteiger partial charge is 0.212 e. The molecular formula is C9H12N2O2S. The lowest BCUT2D eigenvalue weighted by Gasteiger charge is -2.07. The highest BCUT2D eigenvalue weighted by atomic mass is 32.2. The molecule has 1 rings (SSSR count). The van der Waals surface area contributed by atoms with Crippen molar-refractivity contribution in [1.29, 1.82) is 5.41 Å². The van der Waals surface area contributed by atoms with Crippen molar-refractivity contribution in [1.82, 2.24) is 0 Å². The summed E-state index contributed by atoms with van der Waals surface area (Å²) in [5, 5.41) is 27.4. The largest absolute Gasteiger partial charge is 0.618 e. The van der Waals surface area contributed by atoms with Crippen molar-refractivity contribution >= 4 is 17.5 Å². The molecule has 0 aromatic carbocycles. The molecule has 0 aliphatic rings. The van der Waals surface area contributed by atoms with Gasteiger partial charge in [0.15, 0.2) is 6.20 Å². The summed E-state index contributed by atoms with van der Waals surface area (Å²) < 4.78 is 0.746. The molecule has 0 aliphatic carbocycles. The van der Waals surface area contributed by atoms with Gasteiger partial charge in [0, 0.05) is 11.8 Å². The summed E-state index contributed by atoms with van der Waals surface area (Å²) in [5.41, 5.74) is 0.676. The van der Waals surface area contributed by atoms with Crippen molar-refractivity contribution < 1.29 is 9.84 Å². The van der Waals surface area contributed by atoms with Gasteiger partial charge in [-0.2, -0.15) is 4.73 Å². The van der Waals surface area contributed by atoms with Crippen LogP contribution in [0.5, 0.6) is 0 Å². The second-order valence-electron chi connectivity index (χ2n) is 2.79. The van der Waals surface area contributed by atoms with Gasteiger partial charge in [-0.3, -0.25) is 0 Å². The van der Waals surface area contributed by atoms with Crippen LogP contribution in [0.2, 0.25) is 0 Å². The highest BCUT2D eigenvalue weighted by molar-refractivity contribution is 7.98. The Morgan fingerprint density at radius 2 is 2.43 bits per heavy atom. The topological polar surface area (TPSA) is 71.0 Å². The Morgan fingerprint density at radius 3 is 3.00 bits per heavy atom. The second kappa shape index (κ2) is 4.97. The molecular weight excluding hydrogens is 200 g/mol. The summed E-state index contributed by atoms with van der Waals surface area (Å²) in [4.78, 5) is 0.848. The van der Waals surface area contributed by atoms with Crippen LogP contribution in [0.4, 0.5) is 0 Å². The minimum Gasteiger partial charge on any atom is -0.618 e. The van der Waals surface area contributed by atoms with Crippen molar-refractivity contribution in [3.8, 4) is 0 Å². The zero-order chi connectivity index (χ0) is 10.6. The second-order valence-corrected chi connectivity index (χ2v) is 3.64. The number of rotatable bonds is 4. The highest BCUT2D eigenvalue weighted by Crippen LogP contribution is 2.17. The molecule has 1 heterocycles. The van der Waals surface area contributed by atoms with E-state index in [0.29, 0.717) is 5.69 Å². The maximum absolute atomic E-state index is 11.4. The predicted octanol–water partition coefficient (Wildman–Crippen LogP) is 0.596. The Kier molecular flexibility index (Phi) is 3.91. The minimum absolute atomic E-state index is 0.149. The third kappa shape index (κ3) is 2.46. The molecule has 76 valence electrons. The quantitative estimate of drug-likeness (QED) is 0.332. The Balaban J connectivity index is 2.98. The Bertz CT molecular complexity index is 342. The molecule has 0 aliphatic heterocycles. The molecule has 0 amide bonds. The van der Waals surface area contributed by atoms with Gasteiger partial charge in [-0.05, 0) is 12.3 Å². The molecule has 0 spiro atoms. The third-order valence-electron chi connectivity index (χ3n) is 1.81. The van der Waals surface area contributed by atoms with Gasteiger partial charge in [0.05, 0.1) is 17.9 Å². The summed E-state index contributed by atoms with van der Waals surface area (Å²) in [6.45, 7) is -0.303. The summed E-state index contributed by atoms with van der Waals surface area (Å²) in [6, 6.07) is 3.50. The predicted molar refractivity (Wildman–Crippen MR) is 55.7 cm³/mol. The van der Waals surface area contributed by atoms with Crippen molar-refractivity contribution in [2.24, 2.45) is 0 Å². The van der Waals surface area contributed by atoms with Crippen molar-refractivity contribution in [3.05, 3.63) is 29.2 Å². The Hall–Kier alpha value is -1.07. The lowest BCUT2D eigenvalue weighted by Crippen LogP contribution is -2.33. The van der Waals surface area contributed by atoms with Crippen molar-refractivity contribution in [3.63, 3.8) is 0 Å². The number of aliphatic hydroxyl groups excluding tert-OH is 1. The van der Waals surface area contributed by atoms with E-state index in [1.54, 1.807) is 6.07 Å². The molecule has 5 heteroatoms. The van der Waals surface area contributed by atoms with E-state index >= 15 is 0 Å². The number of hydrogen-bond acceptors (Lipinski definition) is 4. The zero-order valence-electron chi connectivity index (χ0n) is 7.86. The van der Waals surface area contributed by atoms with Crippen LogP contribution in [0.25, 0.3) is 0 Å². The number of hydrogen-bond donors (Lipinski definition) is 2. The number of pyridine rings is 1. The number of aromatic nitrogens is 1. The van der Waals surface area contributed by atoms with E-state index in [1.807, 2.05) is 12.3 Å². The lowest BCUT2D eigenvalue weighted by molar-refractivity contribution is -0.615. The van der Waals surface area contributed by atoms with Gasteiger partial charge in [0.25, 0.3) is 0 Å². The SMILES string of the molecule is CSc1ccc[n+]([O-])c1CC(=N)CO. The minimum atomic E-state index is -0.303. The van der Waals surface area contributed by atoms with Gasteiger partial charge in [-0.15, -0.1) is 11.8 Å². The van der Waals surface area contributed by atoms with E-state index in [1.165, 1.54) is 18.0 Å². The number of aliphatic hydroxyl groups is 1. The summed E-state index contributed by atoms with van der Waals surface area (Å²) in [7, 11) is 0. The number of nitrogens with zero attached hydrogens (tertiary/aromatic N) is 1. The first-order valence-corrected chi connectivity index (χ1v) is 5.33. The lowest BCUT2D eigenvalue weighted by atomic mass is 10.2. The molecule has 0 bridgehead atoms. The first kappa shape index (κ1) is 11.0. The van der Waals surface area contributed by atoms with E-state index in [9.17, 15) is 5.21 Å². The molecule has 0 atom stereocenters. The van der Waals surface area contributed by atoms with Crippen LogP contribution in [-0.2, 0) is 6.42 Å². The van der Waals surface area contributed by atoms with Crippen LogP contribution in [0.1, 0.15) is 5.69 Å². The van der Waals surface area contributed by atoms with E-state index < -0.39 is 0 Å². The molecule has 0 fully saturated rings. The van der Waals surface area contributed by atoms with Gasteiger partial charge >= 0.3 is 0 Å². The monoisotopic (exact) mass is 212 g/mol. The van der Waals surface area contributed by atoms with Crippen LogP contribution in [-0.4, -0.2) is 23.7 Å². The summed E-state index contributed by atoms with van der Waals surface area (Å²) in [6.07, 6.45) is 3.48. The molecule has 0 unspecified atom stereocenters. The summed E-state index contributed by atoms with van der Waals surface area (Å²) >= 11 is 1.46. The summed E-state index contributed by atoms with van der Waals surface area (Å²) in [5.74, 6) is 0. The van der Waals surface area contributed by atoms with Crippen LogP contribution in [0.3, 0.4) is 0 Å². The normalized spacial score (nSPS) is 10.1. The maximum Gasteiger partial charge on any atom is 0.212 e. The molecule has 4 nitrogen and oxygen atoms in total. The average Bonchev–Trinajstić information content (AvgIpc) is 2.20. The molecule has 0 radical (unpaired) electrons. The van der Waals surface area contributed by atoms with Gasteiger partial charge < -0.3 is 15.7 Å². The molecule has 0 saturated heterocycles. The third-order valence-corrected chi connectivity index (χ3v) is 2.62. The van der Waals surface area contributed by atoms with E-state index in [4.69, 9.17) is 10.5 Å². The van der Waals surface area contributed by atoms with Gasteiger partial charge in [0.2, 0.25) is 5.69 Å². The molecule has 1 aromatic heterocycles. The first-order valence-electron chi connectivity index (χ1n) is 4.11. The first-order chi connectivity index (χ1) is 6.69. The van der Waals surface area contributed by atoms with Gasteiger partial charge in [0.1, 0.15) is 0 Å². The molecule has 14 heavy (non-hydrogen) atoms. The zero-order valence-corrected chi connectivity index (χ0v) is 8.67. The Labute approximate surface area is 86.7 Å². The van der Waals surface area contributed by atoms with E-state index in [2.05, 4.69) is 0 Å². The molecule has 1 aromatic rings. The van der Waals surface area contributed by atoms with Crippen LogP contribution < -0.4 is 4.73 Å². The van der Waals surface area contributed by atoms with E-state index in [-0.39, 0.29) is 18.7 Å². The van der Waals surface area contributed by atoms with Crippen molar-refractivity contribution in [2.45, 2.75) is 11.3 Å². The van der Waals surface area contributed by atoms with Crippen molar-refractivity contribution in [2.75, 3.05) is 12.9 Å².